The van der Waals surface area contributed by atoms with Crippen LogP contribution in [0, 0.1) is 13.8 Å². The summed E-state index contributed by atoms with van der Waals surface area (Å²) in [5.41, 5.74) is 8.38. The smallest absolute Gasteiger partial charge is 0.243 e. The van der Waals surface area contributed by atoms with Crippen LogP contribution < -0.4 is 5.73 Å². The van der Waals surface area contributed by atoms with Crippen molar-refractivity contribution in [3.63, 3.8) is 0 Å². The summed E-state index contributed by atoms with van der Waals surface area (Å²) < 4.78 is 32.6. The van der Waals surface area contributed by atoms with E-state index in [0.29, 0.717) is 24.7 Å². The molecule has 0 aromatic heterocycles. The van der Waals surface area contributed by atoms with Gasteiger partial charge in [-0.15, -0.1) is 0 Å². The van der Waals surface area contributed by atoms with Crippen LogP contribution in [0.5, 0.6) is 0 Å². The number of hydrogen-bond acceptors (Lipinski definition) is 4. The summed E-state index contributed by atoms with van der Waals surface area (Å²) in [7, 11) is -1.84. The van der Waals surface area contributed by atoms with Gasteiger partial charge in [-0.2, -0.15) is 4.31 Å². The number of hydrogen-bond donors (Lipinski definition) is 1. The maximum atomic E-state index is 12.9. The topological polar surface area (TPSA) is 72.6 Å². The van der Waals surface area contributed by atoms with Crippen molar-refractivity contribution in [3.8, 4) is 0 Å². The van der Waals surface area contributed by atoms with E-state index in [4.69, 9.17) is 10.5 Å². The molecular formula is C15H24N2O3S. The van der Waals surface area contributed by atoms with Crippen LogP contribution in [0.3, 0.4) is 0 Å². The Labute approximate surface area is 127 Å². The number of benzene rings is 1. The predicted molar refractivity (Wildman–Crippen MR) is 82.6 cm³/mol. The molecule has 118 valence electrons. The highest BCUT2D eigenvalue weighted by Gasteiger charge is 2.30. The highest BCUT2D eigenvalue weighted by atomic mass is 32.2. The minimum absolute atomic E-state index is 0.00535. The zero-order valence-electron chi connectivity index (χ0n) is 12.9. The van der Waals surface area contributed by atoms with E-state index < -0.39 is 10.0 Å². The maximum absolute atomic E-state index is 12.9. The maximum Gasteiger partial charge on any atom is 0.243 e. The first-order valence-electron chi connectivity index (χ1n) is 7.24. The highest BCUT2D eigenvalue weighted by molar-refractivity contribution is 7.89. The van der Waals surface area contributed by atoms with E-state index in [9.17, 15) is 8.42 Å². The van der Waals surface area contributed by atoms with Crippen molar-refractivity contribution < 1.29 is 13.2 Å². The van der Waals surface area contributed by atoms with Crippen LogP contribution in [0.1, 0.15) is 29.5 Å². The molecule has 1 aliphatic rings. The van der Waals surface area contributed by atoms with E-state index >= 15 is 0 Å². The largest absolute Gasteiger partial charge is 0.381 e. The van der Waals surface area contributed by atoms with E-state index in [1.165, 1.54) is 4.31 Å². The molecule has 1 heterocycles. The third-order valence-corrected chi connectivity index (χ3v) is 6.27. The molecule has 1 aromatic carbocycles. The lowest BCUT2D eigenvalue weighted by atomic mass is 10.1. The number of aryl methyl sites for hydroxylation is 2. The van der Waals surface area contributed by atoms with Crippen molar-refractivity contribution in [1.82, 2.24) is 4.31 Å². The van der Waals surface area contributed by atoms with Gasteiger partial charge in [0.2, 0.25) is 10.0 Å². The third kappa shape index (κ3) is 3.29. The van der Waals surface area contributed by atoms with E-state index in [0.717, 1.165) is 29.5 Å². The lowest BCUT2D eigenvalue weighted by molar-refractivity contribution is 0.0632. The minimum atomic E-state index is -3.50. The molecule has 0 radical (unpaired) electrons. The first-order chi connectivity index (χ1) is 9.87. The molecule has 1 saturated heterocycles. The monoisotopic (exact) mass is 312 g/mol. The molecule has 21 heavy (non-hydrogen) atoms. The van der Waals surface area contributed by atoms with E-state index in [1.54, 1.807) is 13.1 Å². The number of nitrogens with two attached hydrogens (primary N) is 1. The van der Waals surface area contributed by atoms with E-state index in [1.807, 2.05) is 19.9 Å². The van der Waals surface area contributed by atoms with Gasteiger partial charge in [0.1, 0.15) is 0 Å². The van der Waals surface area contributed by atoms with Crippen molar-refractivity contribution in [2.24, 2.45) is 5.73 Å². The van der Waals surface area contributed by atoms with E-state index in [2.05, 4.69) is 0 Å². The van der Waals surface area contributed by atoms with Gasteiger partial charge < -0.3 is 10.5 Å². The molecule has 2 N–H and O–H groups in total. The van der Waals surface area contributed by atoms with E-state index in [-0.39, 0.29) is 6.04 Å². The lowest BCUT2D eigenvalue weighted by Gasteiger charge is -2.31. The SMILES string of the molecule is Cc1cc(C)c(S(=O)(=O)N(C)C2CCOCC2)cc1CN. The predicted octanol–water partition coefficient (Wildman–Crippen LogP) is 1.56. The standard InChI is InChI=1S/C15H24N2O3S/c1-11-8-12(2)15(9-13(11)10-16)21(18,19)17(3)14-4-6-20-7-5-14/h8-9,14H,4-7,10,16H2,1-3H3. The zero-order chi connectivity index (χ0) is 15.6. The Bertz CT molecular complexity index is 608. The summed E-state index contributed by atoms with van der Waals surface area (Å²) in [5.74, 6) is 0. The Morgan fingerprint density at radius 2 is 1.86 bits per heavy atom. The average molecular weight is 312 g/mol. The normalized spacial score (nSPS) is 17.4. The van der Waals surface area contributed by atoms with Gasteiger partial charge in [0, 0.05) is 32.8 Å². The lowest BCUT2D eigenvalue weighted by Crippen LogP contribution is -2.40. The van der Waals surface area contributed by atoms with Crippen LogP contribution in [0.15, 0.2) is 17.0 Å². The van der Waals surface area contributed by atoms with Crippen LogP contribution in [0.4, 0.5) is 0 Å². The van der Waals surface area contributed by atoms with Gasteiger partial charge >= 0.3 is 0 Å². The van der Waals surface area contributed by atoms with Gasteiger partial charge in [0.15, 0.2) is 0 Å². The minimum Gasteiger partial charge on any atom is -0.381 e. The Morgan fingerprint density at radius 1 is 1.24 bits per heavy atom. The van der Waals surface area contributed by atoms with Crippen molar-refractivity contribution in [1.29, 1.82) is 0 Å². The van der Waals surface area contributed by atoms with Gasteiger partial charge in [-0.1, -0.05) is 6.07 Å². The van der Waals surface area contributed by atoms with Gasteiger partial charge in [-0.25, -0.2) is 8.42 Å². The molecular weight excluding hydrogens is 288 g/mol. The fourth-order valence-corrected chi connectivity index (χ4v) is 4.44. The molecule has 0 bridgehead atoms. The average Bonchev–Trinajstić information content (AvgIpc) is 2.47. The second-order valence-electron chi connectivity index (χ2n) is 5.61. The Morgan fingerprint density at radius 3 is 2.43 bits per heavy atom. The molecule has 1 aliphatic heterocycles. The summed E-state index contributed by atoms with van der Waals surface area (Å²) in [5, 5.41) is 0. The number of rotatable bonds is 4. The van der Waals surface area contributed by atoms with Crippen LogP contribution in [-0.2, 0) is 21.3 Å². The second kappa shape index (κ2) is 6.44. The van der Waals surface area contributed by atoms with Gasteiger partial charge in [0.05, 0.1) is 4.90 Å². The van der Waals surface area contributed by atoms with Crippen LogP contribution in [0.2, 0.25) is 0 Å². The molecule has 1 fully saturated rings. The van der Waals surface area contributed by atoms with Crippen LogP contribution >= 0.6 is 0 Å². The summed E-state index contributed by atoms with van der Waals surface area (Å²) >= 11 is 0. The second-order valence-corrected chi connectivity index (χ2v) is 7.58. The summed E-state index contributed by atoms with van der Waals surface area (Å²) in [6.45, 7) is 5.36. The Kier molecular flexibility index (Phi) is 5.03. The summed E-state index contributed by atoms with van der Waals surface area (Å²) in [6, 6.07) is 3.62. The molecule has 0 aliphatic carbocycles. The first kappa shape index (κ1) is 16.4. The summed E-state index contributed by atoms with van der Waals surface area (Å²) in [6.07, 6.45) is 1.48. The van der Waals surface area contributed by atoms with Crippen molar-refractivity contribution in [2.45, 2.75) is 44.2 Å². The Balaban J connectivity index is 2.38. The fraction of sp³-hybridized carbons (Fsp3) is 0.600. The van der Waals surface area contributed by atoms with Gasteiger partial charge in [-0.3, -0.25) is 0 Å². The van der Waals surface area contributed by atoms with Crippen molar-refractivity contribution in [3.05, 3.63) is 28.8 Å². The Hall–Kier alpha value is -0.950. The third-order valence-electron chi connectivity index (χ3n) is 4.22. The number of sulfonamides is 1. The molecule has 0 saturated carbocycles. The molecule has 6 heteroatoms. The fourth-order valence-electron chi connectivity index (χ4n) is 2.77. The first-order valence-corrected chi connectivity index (χ1v) is 8.68. The molecule has 0 atom stereocenters. The number of nitrogens with zero attached hydrogens (tertiary/aromatic N) is 1. The quantitative estimate of drug-likeness (QED) is 0.916. The van der Waals surface area contributed by atoms with Crippen LogP contribution in [-0.4, -0.2) is 39.0 Å². The molecule has 2 rings (SSSR count). The molecule has 5 nitrogen and oxygen atoms in total. The highest BCUT2D eigenvalue weighted by Crippen LogP contribution is 2.26. The molecule has 0 spiro atoms. The summed E-state index contributed by atoms with van der Waals surface area (Å²) in [4.78, 5) is 0.363. The van der Waals surface area contributed by atoms with Gasteiger partial charge in [-0.05, 0) is 49.4 Å². The molecule has 0 unspecified atom stereocenters. The van der Waals surface area contributed by atoms with Crippen LogP contribution in [0.25, 0.3) is 0 Å². The molecule has 0 amide bonds. The van der Waals surface area contributed by atoms with Gasteiger partial charge in [0.25, 0.3) is 0 Å². The van der Waals surface area contributed by atoms with Crippen molar-refractivity contribution in [2.75, 3.05) is 20.3 Å². The van der Waals surface area contributed by atoms with Crippen molar-refractivity contribution >= 4 is 10.0 Å². The number of ether oxygens (including phenoxy) is 1. The molecule has 1 aromatic rings. The zero-order valence-corrected chi connectivity index (χ0v) is 13.7.